The van der Waals surface area contributed by atoms with Crippen molar-refractivity contribution in [3.63, 3.8) is 0 Å². The van der Waals surface area contributed by atoms with E-state index in [0.717, 1.165) is 53.7 Å². The van der Waals surface area contributed by atoms with Gasteiger partial charge in [0, 0.05) is 18.6 Å². The zero-order chi connectivity index (χ0) is 19.6. The first-order chi connectivity index (χ1) is 13.1. The van der Waals surface area contributed by atoms with Gasteiger partial charge in [-0.25, -0.2) is 4.79 Å². The molecule has 146 valence electrons. The predicted molar refractivity (Wildman–Crippen MR) is 108 cm³/mol. The van der Waals surface area contributed by atoms with Crippen LogP contribution in [0.25, 0.3) is 16.8 Å². The first-order valence-electron chi connectivity index (χ1n) is 9.36. The van der Waals surface area contributed by atoms with Crippen LogP contribution in [0.1, 0.15) is 44.2 Å². The minimum Gasteiger partial charge on any atom is -0.490 e. The first kappa shape index (κ1) is 20.8. The number of carboxylic acids is 1. The van der Waals surface area contributed by atoms with Crippen LogP contribution in [0, 0.1) is 0 Å². The van der Waals surface area contributed by atoms with Crippen LogP contribution in [0.3, 0.4) is 0 Å². The fourth-order valence-corrected chi connectivity index (χ4v) is 3.01. The number of aryl methyl sites for hydroxylation is 1. The highest BCUT2D eigenvalue weighted by atomic mass is 16.7. The Morgan fingerprint density at radius 2 is 2.00 bits per heavy atom. The number of hydrogen-bond donors (Lipinski definition) is 1. The maximum absolute atomic E-state index is 11.0. The van der Waals surface area contributed by atoms with E-state index in [0.29, 0.717) is 18.1 Å². The van der Waals surface area contributed by atoms with Gasteiger partial charge in [-0.05, 0) is 41.5 Å². The molecule has 2 rings (SSSR count). The molecule has 0 aliphatic carbocycles. The van der Waals surface area contributed by atoms with Crippen LogP contribution in [0.2, 0.25) is 0 Å². The second-order valence-electron chi connectivity index (χ2n) is 6.26. The maximum atomic E-state index is 11.0. The van der Waals surface area contributed by atoms with Crippen LogP contribution in [-0.2, 0) is 16.0 Å². The third-order valence-electron chi connectivity index (χ3n) is 4.31. The minimum absolute atomic E-state index is 0.114. The highest BCUT2D eigenvalue weighted by Crippen LogP contribution is 2.41. The highest BCUT2D eigenvalue weighted by Gasteiger charge is 2.17. The molecule has 5 nitrogen and oxygen atoms in total. The molecule has 0 spiro atoms. The molecule has 0 fully saturated rings. The first-order valence-corrected chi connectivity index (χ1v) is 9.36. The lowest BCUT2D eigenvalue weighted by molar-refractivity contribution is -0.131. The number of rotatable bonds is 11. The smallest absolute Gasteiger partial charge is 0.328 e. The van der Waals surface area contributed by atoms with Gasteiger partial charge in [0.2, 0.25) is 0 Å². The standard InChI is InChI=1S/C22H28O5/c1-4-6-7-13-26-19-14-17(11-12-20(23)24)18-10-8-9-16(5-2)21(18)22(19)27-15-25-3/h8-12,14H,4-7,13,15H2,1-3H3,(H,23,24)/b12-11+. The monoisotopic (exact) mass is 372 g/mol. The fourth-order valence-electron chi connectivity index (χ4n) is 3.01. The Kier molecular flexibility index (Phi) is 8.14. The zero-order valence-electron chi connectivity index (χ0n) is 16.3. The van der Waals surface area contributed by atoms with E-state index >= 15 is 0 Å². The Morgan fingerprint density at radius 3 is 2.67 bits per heavy atom. The van der Waals surface area contributed by atoms with Crippen LogP contribution in [0.5, 0.6) is 11.5 Å². The van der Waals surface area contributed by atoms with Crippen molar-refractivity contribution in [3.05, 3.63) is 41.5 Å². The number of carboxylic acid groups (broad SMARTS) is 1. The Balaban J connectivity index is 2.61. The molecule has 0 saturated heterocycles. The molecular formula is C22H28O5. The summed E-state index contributed by atoms with van der Waals surface area (Å²) >= 11 is 0. The topological polar surface area (TPSA) is 65.0 Å². The molecule has 1 N–H and O–H groups in total. The summed E-state index contributed by atoms with van der Waals surface area (Å²) in [6, 6.07) is 7.84. The predicted octanol–water partition coefficient (Wildman–Crippen LogP) is 5.05. The second kappa shape index (κ2) is 10.6. The summed E-state index contributed by atoms with van der Waals surface area (Å²) < 4.78 is 17.0. The van der Waals surface area contributed by atoms with Gasteiger partial charge in [-0.3, -0.25) is 0 Å². The average molecular weight is 372 g/mol. The van der Waals surface area contributed by atoms with Crippen molar-refractivity contribution < 1.29 is 24.1 Å². The van der Waals surface area contributed by atoms with E-state index in [4.69, 9.17) is 19.3 Å². The second-order valence-corrected chi connectivity index (χ2v) is 6.26. The Morgan fingerprint density at radius 1 is 1.19 bits per heavy atom. The Hall–Kier alpha value is -2.53. The van der Waals surface area contributed by atoms with Gasteiger partial charge in [0.1, 0.15) is 0 Å². The SMILES string of the molecule is CCCCCOc1cc(/C=C/C(=O)O)c2cccc(CC)c2c1OCOC. The Labute approximate surface area is 160 Å². The van der Waals surface area contributed by atoms with Gasteiger partial charge in [0.15, 0.2) is 18.3 Å². The van der Waals surface area contributed by atoms with Gasteiger partial charge in [0.25, 0.3) is 0 Å². The van der Waals surface area contributed by atoms with Crippen LogP contribution >= 0.6 is 0 Å². The van der Waals surface area contributed by atoms with Gasteiger partial charge in [-0.15, -0.1) is 0 Å². The van der Waals surface area contributed by atoms with Gasteiger partial charge < -0.3 is 19.3 Å². The van der Waals surface area contributed by atoms with Crippen LogP contribution in [0.15, 0.2) is 30.3 Å². The van der Waals surface area contributed by atoms with Crippen molar-refractivity contribution >= 4 is 22.8 Å². The third kappa shape index (κ3) is 5.47. The van der Waals surface area contributed by atoms with E-state index in [9.17, 15) is 4.79 Å². The largest absolute Gasteiger partial charge is 0.490 e. The molecule has 2 aromatic rings. The Bertz CT molecular complexity index is 795. The summed E-state index contributed by atoms with van der Waals surface area (Å²) in [6.07, 6.45) is 6.72. The average Bonchev–Trinajstić information content (AvgIpc) is 2.67. The van der Waals surface area contributed by atoms with Crippen LogP contribution < -0.4 is 9.47 Å². The summed E-state index contributed by atoms with van der Waals surface area (Å²) in [6.45, 7) is 4.92. The molecule has 0 saturated carbocycles. The maximum Gasteiger partial charge on any atom is 0.328 e. The molecule has 0 aromatic heterocycles. The molecule has 0 aliphatic heterocycles. The van der Waals surface area contributed by atoms with E-state index in [1.165, 1.54) is 0 Å². The van der Waals surface area contributed by atoms with E-state index in [1.54, 1.807) is 13.2 Å². The summed E-state index contributed by atoms with van der Waals surface area (Å²) in [5.74, 6) is 0.273. The fraction of sp³-hybridized carbons (Fsp3) is 0.409. The molecule has 5 heteroatoms. The van der Waals surface area contributed by atoms with E-state index in [2.05, 4.69) is 13.8 Å². The lowest BCUT2D eigenvalue weighted by atomic mass is 9.96. The van der Waals surface area contributed by atoms with E-state index < -0.39 is 5.97 Å². The number of methoxy groups -OCH3 is 1. The number of benzene rings is 2. The number of fused-ring (bicyclic) bond motifs is 1. The highest BCUT2D eigenvalue weighted by molar-refractivity contribution is 6.00. The summed E-state index contributed by atoms with van der Waals surface area (Å²) in [5.41, 5.74) is 1.90. The summed E-state index contributed by atoms with van der Waals surface area (Å²) in [4.78, 5) is 11.0. The van der Waals surface area contributed by atoms with Crippen molar-refractivity contribution in [1.82, 2.24) is 0 Å². The third-order valence-corrected chi connectivity index (χ3v) is 4.31. The van der Waals surface area contributed by atoms with Gasteiger partial charge in [-0.2, -0.15) is 0 Å². The number of ether oxygens (including phenoxy) is 3. The van der Waals surface area contributed by atoms with Gasteiger partial charge >= 0.3 is 5.97 Å². The summed E-state index contributed by atoms with van der Waals surface area (Å²) in [7, 11) is 1.58. The molecule has 0 radical (unpaired) electrons. The number of hydrogen-bond acceptors (Lipinski definition) is 4. The van der Waals surface area contributed by atoms with Gasteiger partial charge in [0.05, 0.1) is 6.61 Å². The van der Waals surface area contributed by atoms with Crippen molar-refractivity contribution in [2.24, 2.45) is 0 Å². The lowest BCUT2D eigenvalue weighted by Gasteiger charge is -2.18. The molecule has 0 amide bonds. The van der Waals surface area contributed by atoms with Crippen molar-refractivity contribution in [3.8, 4) is 11.5 Å². The van der Waals surface area contributed by atoms with Crippen LogP contribution in [-0.4, -0.2) is 31.6 Å². The molecule has 0 bridgehead atoms. The number of aliphatic carboxylic acids is 1. The minimum atomic E-state index is -0.986. The van der Waals surface area contributed by atoms with E-state index in [-0.39, 0.29) is 6.79 Å². The van der Waals surface area contributed by atoms with E-state index in [1.807, 2.05) is 24.3 Å². The molecule has 27 heavy (non-hydrogen) atoms. The lowest BCUT2D eigenvalue weighted by Crippen LogP contribution is -2.05. The molecule has 0 heterocycles. The van der Waals surface area contributed by atoms with Crippen molar-refractivity contribution in [2.75, 3.05) is 20.5 Å². The molecular weight excluding hydrogens is 344 g/mol. The number of unbranched alkanes of at least 4 members (excludes halogenated alkanes) is 2. The normalized spacial score (nSPS) is 11.2. The molecule has 2 aromatic carbocycles. The van der Waals surface area contributed by atoms with Gasteiger partial charge in [-0.1, -0.05) is 44.9 Å². The number of carbonyl (C=O) groups is 1. The molecule has 0 aliphatic rings. The van der Waals surface area contributed by atoms with Crippen molar-refractivity contribution in [2.45, 2.75) is 39.5 Å². The van der Waals surface area contributed by atoms with Crippen molar-refractivity contribution in [1.29, 1.82) is 0 Å². The molecule has 0 unspecified atom stereocenters. The quantitative estimate of drug-likeness (QED) is 0.340. The molecule has 0 atom stereocenters. The van der Waals surface area contributed by atoms with Crippen LogP contribution in [0.4, 0.5) is 0 Å². The summed E-state index contributed by atoms with van der Waals surface area (Å²) in [5, 5.41) is 10.9. The zero-order valence-corrected chi connectivity index (χ0v) is 16.3.